The molecule has 1 unspecified atom stereocenters. The SMILES string of the molecule is NC1CCCCc2nc(CCc3ccccc3)ncc21. The van der Waals surface area contributed by atoms with Crippen LogP contribution in [-0.2, 0) is 19.3 Å². The Kier molecular flexibility index (Phi) is 4.07. The van der Waals surface area contributed by atoms with Crippen LogP contribution in [0.15, 0.2) is 36.5 Å². The number of benzene rings is 1. The Labute approximate surface area is 120 Å². The van der Waals surface area contributed by atoms with Gasteiger partial charge in [0.1, 0.15) is 5.82 Å². The average molecular weight is 267 g/mol. The molecular weight excluding hydrogens is 246 g/mol. The van der Waals surface area contributed by atoms with Gasteiger partial charge in [0.15, 0.2) is 0 Å². The fraction of sp³-hybridized carbons (Fsp3) is 0.412. The summed E-state index contributed by atoms with van der Waals surface area (Å²) in [7, 11) is 0. The van der Waals surface area contributed by atoms with E-state index in [0.29, 0.717) is 0 Å². The van der Waals surface area contributed by atoms with Gasteiger partial charge < -0.3 is 5.73 Å². The third-order valence-electron chi connectivity index (χ3n) is 4.01. The van der Waals surface area contributed by atoms with Crippen LogP contribution in [0.4, 0.5) is 0 Å². The van der Waals surface area contributed by atoms with Crippen molar-refractivity contribution in [2.75, 3.05) is 0 Å². The molecule has 1 heterocycles. The van der Waals surface area contributed by atoms with Crippen molar-refractivity contribution < 1.29 is 0 Å². The van der Waals surface area contributed by atoms with Crippen LogP contribution in [0.5, 0.6) is 0 Å². The summed E-state index contributed by atoms with van der Waals surface area (Å²) in [6.45, 7) is 0. The largest absolute Gasteiger partial charge is 0.324 e. The highest BCUT2D eigenvalue weighted by Crippen LogP contribution is 2.25. The highest BCUT2D eigenvalue weighted by molar-refractivity contribution is 5.23. The molecule has 0 radical (unpaired) electrons. The van der Waals surface area contributed by atoms with Crippen molar-refractivity contribution in [3.05, 3.63) is 59.2 Å². The van der Waals surface area contributed by atoms with Crippen molar-refractivity contribution in [1.82, 2.24) is 9.97 Å². The molecule has 1 aromatic carbocycles. The predicted octanol–water partition coefficient (Wildman–Crippen LogP) is 2.99. The van der Waals surface area contributed by atoms with Crippen LogP contribution in [0.25, 0.3) is 0 Å². The summed E-state index contributed by atoms with van der Waals surface area (Å²) >= 11 is 0. The Morgan fingerprint density at radius 3 is 2.80 bits per heavy atom. The Morgan fingerprint density at radius 2 is 1.95 bits per heavy atom. The normalized spacial score (nSPS) is 18.4. The molecule has 104 valence electrons. The van der Waals surface area contributed by atoms with Crippen LogP contribution in [0, 0.1) is 0 Å². The quantitative estimate of drug-likeness (QED) is 0.870. The van der Waals surface area contributed by atoms with Gasteiger partial charge >= 0.3 is 0 Å². The molecule has 0 aliphatic heterocycles. The smallest absolute Gasteiger partial charge is 0.128 e. The van der Waals surface area contributed by atoms with Crippen LogP contribution in [0.1, 0.15) is 47.9 Å². The van der Waals surface area contributed by atoms with Gasteiger partial charge in [-0.15, -0.1) is 0 Å². The van der Waals surface area contributed by atoms with Crippen LogP contribution in [0.3, 0.4) is 0 Å². The van der Waals surface area contributed by atoms with E-state index in [-0.39, 0.29) is 6.04 Å². The van der Waals surface area contributed by atoms with Crippen molar-refractivity contribution in [1.29, 1.82) is 0 Å². The third kappa shape index (κ3) is 3.05. The first-order valence-corrected chi connectivity index (χ1v) is 7.47. The molecule has 1 atom stereocenters. The maximum atomic E-state index is 6.18. The second-order valence-electron chi connectivity index (χ2n) is 5.53. The number of aromatic nitrogens is 2. The standard InChI is InChI=1S/C17H21N3/c18-15-8-4-5-9-16-14(15)12-19-17(20-16)11-10-13-6-2-1-3-7-13/h1-3,6-7,12,15H,4-5,8-11,18H2. The molecule has 0 spiro atoms. The van der Waals surface area contributed by atoms with Gasteiger partial charge in [-0.05, 0) is 31.2 Å². The average Bonchev–Trinajstić information content (AvgIpc) is 2.68. The molecule has 0 fully saturated rings. The molecule has 1 aliphatic carbocycles. The van der Waals surface area contributed by atoms with Gasteiger partial charge in [0.25, 0.3) is 0 Å². The van der Waals surface area contributed by atoms with Gasteiger partial charge in [-0.1, -0.05) is 36.8 Å². The van der Waals surface area contributed by atoms with Crippen molar-refractivity contribution in [2.24, 2.45) is 5.73 Å². The van der Waals surface area contributed by atoms with E-state index in [0.717, 1.165) is 37.1 Å². The highest BCUT2D eigenvalue weighted by atomic mass is 14.9. The summed E-state index contributed by atoms with van der Waals surface area (Å²) in [5.41, 5.74) is 9.85. The molecule has 0 amide bonds. The van der Waals surface area contributed by atoms with Crippen molar-refractivity contribution in [3.63, 3.8) is 0 Å². The maximum Gasteiger partial charge on any atom is 0.128 e. The number of rotatable bonds is 3. The summed E-state index contributed by atoms with van der Waals surface area (Å²) in [6, 6.07) is 10.6. The summed E-state index contributed by atoms with van der Waals surface area (Å²) < 4.78 is 0. The van der Waals surface area contributed by atoms with E-state index in [1.54, 1.807) is 0 Å². The third-order valence-corrected chi connectivity index (χ3v) is 4.01. The fourth-order valence-electron chi connectivity index (χ4n) is 2.81. The molecule has 3 nitrogen and oxygen atoms in total. The fourth-order valence-corrected chi connectivity index (χ4v) is 2.81. The van der Waals surface area contributed by atoms with Crippen LogP contribution >= 0.6 is 0 Å². The lowest BCUT2D eigenvalue weighted by atomic mass is 10.1. The van der Waals surface area contributed by atoms with E-state index in [2.05, 4.69) is 29.2 Å². The molecule has 1 aliphatic rings. The summed E-state index contributed by atoms with van der Waals surface area (Å²) in [5.74, 6) is 0.946. The molecule has 3 heteroatoms. The number of fused-ring (bicyclic) bond motifs is 1. The number of nitrogens with zero attached hydrogens (tertiary/aromatic N) is 2. The number of nitrogens with two attached hydrogens (primary N) is 1. The van der Waals surface area contributed by atoms with E-state index in [1.165, 1.54) is 24.1 Å². The highest BCUT2D eigenvalue weighted by Gasteiger charge is 2.17. The first-order valence-electron chi connectivity index (χ1n) is 7.47. The van der Waals surface area contributed by atoms with Gasteiger partial charge in [-0.3, -0.25) is 0 Å². The Balaban J connectivity index is 1.73. The van der Waals surface area contributed by atoms with Gasteiger partial charge in [0.05, 0.1) is 0 Å². The molecule has 2 N–H and O–H groups in total. The van der Waals surface area contributed by atoms with E-state index in [1.807, 2.05) is 12.3 Å². The Hall–Kier alpha value is -1.74. The monoisotopic (exact) mass is 267 g/mol. The molecular formula is C17H21N3. The number of hydrogen-bond acceptors (Lipinski definition) is 3. The van der Waals surface area contributed by atoms with Gasteiger partial charge in [-0.25, -0.2) is 9.97 Å². The minimum Gasteiger partial charge on any atom is -0.324 e. The van der Waals surface area contributed by atoms with Crippen molar-refractivity contribution in [2.45, 2.75) is 44.6 Å². The Bertz CT molecular complexity index is 566. The number of aryl methyl sites for hydroxylation is 3. The molecule has 0 bridgehead atoms. The van der Waals surface area contributed by atoms with E-state index in [4.69, 9.17) is 10.7 Å². The second kappa shape index (κ2) is 6.14. The minimum absolute atomic E-state index is 0.121. The maximum absolute atomic E-state index is 6.18. The number of hydrogen-bond donors (Lipinski definition) is 1. The van der Waals surface area contributed by atoms with Crippen molar-refractivity contribution >= 4 is 0 Å². The van der Waals surface area contributed by atoms with Crippen LogP contribution in [0.2, 0.25) is 0 Å². The van der Waals surface area contributed by atoms with E-state index >= 15 is 0 Å². The summed E-state index contributed by atoms with van der Waals surface area (Å²) in [5, 5.41) is 0. The van der Waals surface area contributed by atoms with E-state index < -0.39 is 0 Å². The van der Waals surface area contributed by atoms with E-state index in [9.17, 15) is 0 Å². The van der Waals surface area contributed by atoms with Crippen molar-refractivity contribution in [3.8, 4) is 0 Å². The topological polar surface area (TPSA) is 51.8 Å². The zero-order chi connectivity index (χ0) is 13.8. The predicted molar refractivity (Wildman–Crippen MR) is 80.4 cm³/mol. The lowest BCUT2D eigenvalue weighted by Gasteiger charge is -2.12. The summed E-state index contributed by atoms with van der Waals surface area (Å²) in [6.07, 6.45) is 8.33. The molecule has 1 aromatic heterocycles. The molecule has 3 rings (SSSR count). The van der Waals surface area contributed by atoms with Gasteiger partial charge in [0.2, 0.25) is 0 Å². The first-order chi connectivity index (χ1) is 9.83. The zero-order valence-corrected chi connectivity index (χ0v) is 11.8. The lowest BCUT2D eigenvalue weighted by molar-refractivity contribution is 0.614. The Morgan fingerprint density at radius 1 is 1.10 bits per heavy atom. The molecule has 0 saturated carbocycles. The molecule has 0 saturated heterocycles. The zero-order valence-electron chi connectivity index (χ0n) is 11.8. The van der Waals surface area contributed by atoms with Gasteiger partial charge in [-0.2, -0.15) is 0 Å². The first kappa shape index (κ1) is 13.3. The second-order valence-corrected chi connectivity index (χ2v) is 5.53. The minimum atomic E-state index is 0.121. The van der Waals surface area contributed by atoms with Crippen LogP contribution in [-0.4, -0.2) is 9.97 Å². The van der Waals surface area contributed by atoms with Crippen LogP contribution < -0.4 is 5.73 Å². The molecule has 20 heavy (non-hydrogen) atoms. The summed E-state index contributed by atoms with van der Waals surface area (Å²) in [4.78, 5) is 9.26. The molecule has 2 aromatic rings. The van der Waals surface area contributed by atoms with Gasteiger partial charge in [0, 0.05) is 29.9 Å². The lowest BCUT2D eigenvalue weighted by Crippen LogP contribution is -2.13.